The third-order valence-corrected chi connectivity index (χ3v) is 5.51. The number of nitrogens with zero attached hydrogens (tertiary/aromatic N) is 3. The van der Waals surface area contributed by atoms with Crippen LogP contribution in [0.2, 0.25) is 0 Å². The van der Waals surface area contributed by atoms with E-state index in [1.165, 1.54) is 26.6 Å². The van der Waals surface area contributed by atoms with E-state index in [1.54, 1.807) is 0 Å². The maximum absolute atomic E-state index is 11.9. The lowest BCUT2D eigenvalue weighted by atomic mass is 9.92. The first-order valence-electron chi connectivity index (χ1n) is 9.70. The van der Waals surface area contributed by atoms with Crippen LogP contribution in [0.5, 0.6) is 0 Å². The summed E-state index contributed by atoms with van der Waals surface area (Å²) in [4.78, 5) is 21.0. The maximum Gasteiger partial charge on any atom is 0.310 e. The van der Waals surface area contributed by atoms with E-state index in [0.717, 1.165) is 43.9 Å². The number of piperidine rings is 1. The van der Waals surface area contributed by atoms with Gasteiger partial charge in [-0.05, 0) is 37.1 Å². The summed E-state index contributed by atoms with van der Waals surface area (Å²) in [5.74, 6) is 2.65. The lowest BCUT2D eigenvalue weighted by Gasteiger charge is -2.35. The van der Waals surface area contributed by atoms with Gasteiger partial charge >= 0.3 is 5.97 Å². The van der Waals surface area contributed by atoms with Crippen molar-refractivity contribution in [2.45, 2.75) is 33.6 Å². The highest BCUT2D eigenvalue weighted by atomic mass is 16.5. The minimum absolute atomic E-state index is 0.0557. The van der Waals surface area contributed by atoms with Crippen LogP contribution in [-0.2, 0) is 9.53 Å². The molecule has 4 atom stereocenters. The molecule has 0 aromatic heterocycles. The minimum atomic E-state index is -0.112. The zero-order valence-corrected chi connectivity index (χ0v) is 16.6. The van der Waals surface area contributed by atoms with Crippen molar-refractivity contribution < 1.29 is 9.53 Å². The molecule has 2 aliphatic rings. The van der Waals surface area contributed by atoms with Crippen molar-refractivity contribution in [2.75, 3.05) is 53.4 Å². The average Bonchev–Trinajstić information content (AvgIpc) is 2.95. The first-order chi connectivity index (χ1) is 11.9. The number of aliphatic imine (C=N–C) groups is 1. The van der Waals surface area contributed by atoms with Crippen LogP contribution < -0.4 is 5.32 Å². The van der Waals surface area contributed by atoms with Crippen LogP contribution >= 0.6 is 0 Å². The summed E-state index contributed by atoms with van der Waals surface area (Å²) in [6, 6.07) is 0. The second kappa shape index (κ2) is 9.41. The van der Waals surface area contributed by atoms with Gasteiger partial charge in [0.15, 0.2) is 5.96 Å². The lowest BCUT2D eigenvalue weighted by Crippen LogP contribution is -2.43. The molecule has 0 saturated carbocycles. The number of ether oxygens (including phenoxy) is 1. The molecule has 6 nitrogen and oxygen atoms in total. The van der Waals surface area contributed by atoms with E-state index in [4.69, 9.17) is 4.74 Å². The number of guanidine groups is 1. The van der Waals surface area contributed by atoms with Crippen molar-refractivity contribution in [3.8, 4) is 0 Å². The fourth-order valence-electron chi connectivity index (χ4n) is 4.41. The van der Waals surface area contributed by atoms with E-state index in [0.29, 0.717) is 12.5 Å². The summed E-state index contributed by atoms with van der Waals surface area (Å²) in [5.41, 5.74) is 0. The maximum atomic E-state index is 11.9. The van der Waals surface area contributed by atoms with Crippen molar-refractivity contribution in [1.82, 2.24) is 15.1 Å². The zero-order valence-electron chi connectivity index (χ0n) is 16.6. The van der Waals surface area contributed by atoms with Gasteiger partial charge in [-0.2, -0.15) is 0 Å². The van der Waals surface area contributed by atoms with Gasteiger partial charge in [-0.25, -0.2) is 0 Å². The molecule has 2 saturated heterocycles. The number of carbonyl (C=O) groups excluding carboxylic acids is 1. The first kappa shape index (κ1) is 20.0. The van der Waals surface area contributed by atoms with E-state index in [1.807, 2.05) is 7.05 Å². The third-order valence-electron chi connectivity index (χ3n) is 5.51. The first-order valence-corrected chi connectivity index (χ1v) is 9.70. The molecule has 0 radical (unpaired) electrons. The van der Waals surface area contributed by atoms with Gasteiger partial charge in [0.25, 0.3) is 0 Å². The Kier molecular flexibility index (Phi) is 7.54. The van der Waals surface area contributed by atoms with E-state index < -0.39 is 0 Å². The number of nitrogens with one attached hydrogen (secondary N) is 1. The summed E-state index contributed by atoms with van der Waals surface area (Å²) in [5, 5.41) is 3.47. The van der Waals surface area contributed by atoms with Gasteiger partial charge in [0.2, 0.25) is 0 Å². The Balaban J connectivity index is 1.73. The second-order valence-electron chi connectivity index (χ2n) is 8.05. The van der Waals surface area contributed by atoms with Gasteiger partial charge in [-0.15, -0.1) is 0 Å². The van der Waals surface area contributed by atoms with E-state index >= 15 is 0 Å². The van der Waals surface area contributed by atoms with Gasteiger partial charge < -0.3 is 19.9 Å². The Bertz CT molecular complexity index is 458. The predicted octanol–water partition coefficient (Wildman–Crippen LogP) is 1.67. The molecular formula is C19H36N4O2. The smallest absolute Gasteiger partial charge is 0.310 e. The number of carbonyl (C=O) groups is 1. The number of methoxy groups -OCH3 is 1. The fourth-order valence-corrected chi connectivity index (χ4v) is 4.41. The molecule has 2 rings (SSSR count). The SMILES string of the molecule is CN=C(NCCCN1CC(C)CC(C)C1)N1CC(C)C(C(=O)OC)C1. The minimum Gasteiger partial charge on any atom is -0.469 e. The van der Waals surface area contributed by atoms with E-state index in [9.17, 15) is 4.79 Å². The Labute approximate surface area is 153 Å². The number of rotatable bonds is 5. The number of esters is 1. The molecule has 6 heteroatoms. The molecule has 2 fully saturated rings. The van der Waals surface area contributed by atoms with Gasteiger partial charge in [-0.1, -0.05) is 20.8 Å². The molecule has 2 heterocycles. The number of likely N-dealkylation sites (tertiary alicyclic amines) is 2. The largest absolute Gasteiger partial charge is 0.469 e. The highest BCUT2D eigenvalue weighted by Crippen LogP contribution is 2.24. The summed E-state index contributed by atoms with van der Waals surface area (Å²) in [7, 11) is 3.28. The monoisotopic (exact) mass is 352 g/mol. The highest BCUT2D eigenvalue weighted by molar-refractivity contribution is 5.82. The van der Waals surface area contributed by atoms with Crippen molar-refractivity contribution >= 4 is 11.9 Å². The summed E-state index contributed by atoms with van der Waals surface area (Å²) in [6.07, 6.45) is 2.47. The van der Waals surface area contributed by atoms with E-state index in [2.05, 4.69) is 40.9 Å². The quantitative estimate of drug-likeness (QED) is 0.353. The molecule has 4 unspecified atom stereocenters. The second-order valence-corrected chi connectivity index (χ2v) is 8.05. The lowest BCUT2D eigenvalue weighted by molar-refractivity contribution is -0.145. The molecular weight excluding hydrogens is 316 g/mol. The van der Waals surface area contributed by atoms with Crippen LogP contribution in [0.25, 0.3) is 0 Å². The van der Waals surface area contributed by atoms with Crippen LogP contribution in [0.15, 0.2) is 4.99 Å². The predicted molar refractivity (Wildman–Crippen MR) is 102 cm³/mol. The summed E-state index contributed by atoms with van der Waals surface area (Å²) in [6.45, 7) is 12.9. The summed E-state index contributed by atoms with van der Waals surface area (Å²) >= 11 is 0. The van der Waals surface area contributed by atoms with Crippen LogP contribution in [0.3, 0.4) is 0 Å². The Morgan fingerprint density at radius 1 is 1.16 bits per heavy atom. The molecule has 0 spiro atoms. The Morgan fingerprint density at radius 3 is 2.44 bits per heavy atom. The third kappa shape index (κ3) is 5.59. The molecule has 0 amide bonds. The fraction of sp³-hybridized carbons (Fsp3) is 0.895. The van der Waals surface area contributed by atoms with Crippen molar-refractivity contribution in [3.05, 3.63) is 0 Å². The van der Waals surface area contributed by atoms with Crippen LogP contribution in [-0.4, -0.2) is 75.2 Å². The molecule has 2 aliphatic heterocycles. The van der Waals surface area contributed by atoms with E-state index in [-0.39, 0.29) is 11.9 Å². The molecule has 1 N–H and O–H groups in total. The van der Waals surface area contributed by atoms with Gasteiger partial charge in [0.1, 0.15) is 0 Å². The standard InChI is InChI=1S/C19H36N4O2/c1-14-9-15(2)11-22(10-14)8-6-7-21-19(20-4)23-12-16(3)17(13-23)18(24)25-5/h14-17H,6-13H2,1-5H3,(H,20,21). The van der Waals surface area contributed by atoms with Crippen molar-refractivity contribution in [2.24, 2.45) is 28.7 Å². The summed E-state index contributed by atoms with van der Waals surface area (Å²) < 4.78 is 4.92. The molecule has 25 heavy (non-hydrogen) atoms. The molecule has 0 aromatic carbocycles. The van der Waals surface area contributed by atoms with Crippen molar-refractivity contribution in [1.29, 1.82) is 0 Å². The topological polar surface area (TPSA) is 57.2 Å². The Morgan fingerprint density at radius 2 is 1.84 bits per heavy atom. The number of hydrogen-bond donors (Lipinski definition) is 1. The molecule has 0 bridgehead atoms. The Hall–Kier alpha value is -1.30. The molecule has 144 valence electrons. The normalized spacial score (nSPS) is 31.2. The van der Waals surface area contributed by atoms with Gasteiger partial charge in [-0.3, -0.25) is 9.79 Å². The zero-order chi connectivity index (χ0) is 18.4. The van der Waals surface area contributed by atoms with Crippen molar-refractivity contribution in [3.63, 3.8) is 0 Å². The molecule has 0 aromatic rings. The highest BCUT2D eigenvalue weighted by Gasteiger charge is 2.36. The van der Waals surface area contributed by atoms with Crippen LogP contribution in [0.4, 0.5) is 0 Å². The van der Waals surface area contributed by atoms with Gasteiger partial charge in [0, 0.05) is 39.8 Å². The van der Waals surface area contributed by atoms with Gasteiger partial charge in [0.05, 0.1) is 13.0 Å². The molecule has 0 aliphatic carbocycles. The number of hydrogen-bond acceptors (Lipinski definition) is 4. The average molecular weight is 353 g/mol. The van der Waals surface area contributed by atoms with Crippen LogP contribution in [0.1, 0.15) is 33.6 Å². The van der Waals surface area contributed by atoms with Crippen LogP contribution in [0, 0.1) is 23.7 Å².